The second-order valence-electron chi connectivity index (χ2n) is 6.57. The van der Waals surface area contributed by atoms with Gasteiger partial charge in [0.2, 0.25) is 0 Å². The summed E-state index contributed by atoms with van der Waals surface area (Å²) < 4.78 is 0. The molecular formula is C18H33O3P. The summed E-state index contributed by atoms with van der Waals surface area (Å²) in [6, 6.07) is 4.61. The average Bonchev–Trinajstić information content (AvgIpc) is 2.52. The fourth-order valence-corrected chi connectivity index (χ4v) is 8.97. The topological polar surface area (TPSA) is 60.7 Å². The third kappa shape index (κ3) is 4.36. The van der Waals surface area contributed by atoms with Gasteiger partial charge in [0.05, 0.1) is 0 Å². The van der Waals surface area contributed by atoms with Gasteiger partial charge < -0.3 is 0 Å². The van der Waals surface area contributed by atoms with Gasteiger partial charge in [-0.3, -0.25) is 0 Å². The molecule has 0 saturated heterocycles. The molecule has 0 aromatic heterocycles. The van der Waals surface area contributed by atoms with Crippen molar-refractivity contribution in [3.05, 3.63) is 18.2 Å². The standard InChI is InChI=1S/C18H33O3P/c1-4-7-12-22(21,13-8-5-2,14-9-6-3)18-15-16(19)10-11-17(18)20/h10-11,15,19-21H,4-9,12-14H2,1-3H3. The van der Waals surface area contributed by atoms with Crippen molar-refractivity contribution in [2.45, 2.75) is 59.3 Å². The van der Waals surface area contributed by atoms with Crippen LogP contribution in [0.3, 0.4) is 0 Å². The molecule has 0 atom stereocenters. The molecule has 3 nitrogen and oxygen atoms in total. The summed E-state index contributed by atoms with van der Waals surface area (Å²) in [6.07, 6.45) is 8.19. The van der Waals surface area contributed by atoms with Crippen LogP contribution >= 0.6 is 6.83 Å². The van der Waals surface area contributed by atoms with Crippen molar-refractivity contribution in [1.29, 1.82) is 0 Å². The van der Waals surface area contributed by atoms with Crippen molar-refractivity contribution in [3.8, 4) is 11.5 Å². The van der Waals surface area contributed by atoms with Crippen molar-refractivity contribution in [1.82, 2.24) is 0 Å². The van der Waals surface area contributed by atoms with Crippen LogP contribution in [-0.4, -0.2) is 33.6 Å². The van der Waals surface area contributed by atoms with Crippen molar-refractivity contribution < 1.29 is 15.1 Å². The van der Waals surface area contributed by atoms with Crippen molar-refractivity contribution in [3.63, 3.8) is 0 Å². The molecule has 1 aromatic rings. The van der Waals surface area contributed by atoms with Gasteiger partial charge in [-0.1, -0.05) is 0 Å². The Morgan fingerprint density at radius 1 is 0.818 bits per heavy atom. The van der Waals surface area contributed by atoms with E-state index in [2.05, 4.69) is 20.8 Å². The molecule has 0 bridgehead atoms. The monoisotopic (exact) mass is 328 g/mol. The summed E-state index contributed by atoms with van der Waals surface area (Å²) in [4.78, 5) is 12.0. The molecule has 0 aliphatic carbocycles. The van der Waals surface area contributed by atoms with Crippen molar-refractivity contribution >= 4 is 12.1 Å². The Hall–Kier alpha value is -0.790. The van der Waals surface area contributed by atoms with Crippen LogP contribution < -0.4 is 5.30 Å². The predicted molar refractivity (Wildman–Crippen MR) is 97.9 cm³/mol. The Bertz CT molecular complexity index is 449. The second kappa shape index (κ2) is 8.17. The first kappa shape index (κ1) is 19.3. The van der Waals surface area contributed by atoms with Gasteiger partial charge in [-0.15, -0.1) is 0 Å². The fourth-order valence-electron chi connectivity index (χ4n) is 3.26. The molecule has 0 fully saturated rings. The molecule has 0 spiro atoms. The molecule has 4 heteroatoms. The van der Waals surface area contributed by atoms with Crippen LogP contribution in [0.1, 0.15) is 59.3 Å². The van der Waals surface area contributed by atoms with Gasteiger partial charge in [0, 0.05) is 0 Å². The molecule has 128 valence electrons. The summed E-state index contributed by atoms with van der Waals surface area (Å²) >= 11 is 0. The van der Waals surface area contributed by atoms with Gasteiger partial charge in [-0.25, -0.2) is 0 Å². The first-order valence-corrected chi connectivity index (χ1v) is 11.4. The SMILES string of the molecule is CCCCP(O)(CCCC)(CCCC)c1cc(O)ccc1O. The Balaban J connectivity index is 3.40. The number of phenolic OH excluding ortho intramolecular Hbond substituents is 2. The van der Waals surface area contributed by atoms with Crippen LogP contribution in [-0.2, 0) is 0 Å². The van der Waals surface area contributed by atoms with Gasteiger partial charge >= 0.3 is 135 Å². The van der Waals surface area contributed by atoms with Gasteiger partial charge in [-0.2, -0.15) is 0 Å². The Morgan fingerprint density at radius 3 is 1.68 bits per heavy atom. The van der Waals surface area contributed by atoms with E-state index in [-0.39, 0.29) is 11.5 Å². The maximum absolute atomic E-state index is 12.0. The van der Waals surface area contributed by atoms with Crippen LogP contribution in [0, 0.1) is 0 Å². The number of aromatic hydroxyl groups is 2. The zero-order valence-corrected chi connectivity index (χ0v) is 15.3. The first-order chi connectivity index (χ1) is 10.4. The van der Waals surface area contributed by atoms with E-state index in [1.54, 1.807) is 6.07 Å². The van der Waals surface area contributed by atoms with Crippen LogP contribution in [0.4, 0.5) is 0 Å². The van der Waals surface area contributed by atoms with Crippen LogP contribution in [0.15, 0.2) is 18.2 Å². The molecule has 0 aliphatic heterocycles. The summed E-state index contributed by atoms with van der Waals surface area (Å²) in [7, 11) is 0. The number of hydrogen-bond donors (Lipinski definition) is 3. The molecule has 0 unspecified atom stereocenters. The molecule has 3 N–H and O–H groups in total. The van der Waals surface area contributed by atoms with E-state index in [1.165, 1.54) is 12.1 Å². The molecule has 0 saturated carbocycles. The van der Waals surface area contributed by atoms with E-state index < -0.39 is 6.83 Å². The molecule has 0 aliphatic rings. The number of unbranched alkanes of at least 4 members (excludes halogenated alkanes) is 3. The molecule has 22 heavy (non-hydrogen) atoms. The van der Waals surface area contributed by atoms with Crippen molar-refractivity contribution in [2.75, 3.05) is 18.5 Å². The van der Waals surface area contributed by atoms with E-state index in [0.29, 0.717) is 5.30 Å². The number of rotatable bonds is 10. The molecular weight excluding hydrogens is 295 g/mol. The molecule has 0 amide bonds. The molecule has 0 heterocycles. The van der Waals surface area contributed by atoms with E-state index >= 15 is 0 Å². The van der Waals surface area contributed by atoms with Crippen LogP contribution in [0.2, 0.25) is 0 Å². The number of benzene rings is 1. The van der Waals surface area contributed by atoms with E-state index in [0.717, 1.165) is 57.0 Å². The number of hydrogen-bond acceptors (Lipinski definition) is 3. The normalized spacial score (nSPS) is 13.7. The second-order valence-corrected chi connectivity index (χ2v) is 11.7. The Morgan fingerprint density at radius 2 is 1.27 bits per heavy atom. The zero-order chi connectivity index (χ0) is 16.7. The van der Waals surface area contributed by atoms with Crippen LogP contribution in [0.25, 0.3) is 0 Å². The third-order valence-electron chi connectivity index (χ3n) is 4.70. The maximum atomic E-state index is 12.0. The summed E-state index contributed by atoms with van der Waals surface area (Å²) in [5.74, 6) is 0.265. The minimum absolute atomic E-state index is 0.125. The van der Waals surface area contributed by atoms with Gasteiger partial charge in [0.15, 0.2) is 0 Å². The predicted octanol–water partition coefficient (Wildman–Crippen LogP) is 4.58. The van der Waals surface area contributed by atoms with E-state index in [4.69, 9.17) is 0 Å². The third-order valence-corrected chi connectivity index (χ3v) is 10.4. The van der Waals surface area contributed by atoms with Crippen molar-refractivity contribution in [2.24, 2.45) is 0 Å². The van der Waals surface area contributed by atoms with E-state index in [9.17, 15) is 15.1 Å². The molecule has 1 aromatic carbocycles. The van der Waals surface area contributed by atoms with Gasteiger partial charge in [0.1, 0.15) is 0 Å². The first-order valence-electron chi connectivity index (χ1n) is 8.68. The average molecular weight is 328 g/mol. The fraction of sp³-hybridized carbons (Fsp3) is 0.667. The zero-order valence-electron chi connectivity index (χ0n) is 14.4. The number of phenols is 2. The molecule has 0 radical (unpaired) electrons. The van der Waals surface area contributed by atoms with E-state index in [1.807, 2.05) is 0 Å². The van der Waals surface area contributed by atoms with Crippen LogP contribution in [0.5, 0.6) is 11.5 Å². The summed E-state index contributed by atoms with van der Waals surface area (Å²) in [6.45, 7) is 3.17. The van der Waals surface area contributed by atoms with Gasteiger partial charge in [0.25, 0.3) is 0 Å². The Kier molecular flexibility index (Phi) is 7.15. The summed E-state index contributed by atoms with van der Waals surface area (Å²) in [5, 5.41) is 20.9. The quantitative estimate of drug-likeness (QED) is 0.435. The molecule has 1 rings (SSSR count). The van der Waals surface area contributed by atoms with Gasteiger partial charge in [-0.05, 0) is 0 Å². The minimum atomic E-state index is -3.22. The Labute approximate surface area is 135 Å². The summed E-state index contributed by atoms with van der Waals surface area (Å²) in [5.41, 5.74) is 0.